The number of aromatic nitrogens is 1. The third kappa shape index (κ3) is 4.99. The molecule has 146 valence electrons. The average molecular weight is 390 g/mol. The molecule has 2 N–H and O–H groups in total. The number of nitrogens with one attached hydrogen (secondary N) is 2. The van der Waals surface area contributed by atoms with Gasteiger partial charge in [0.25, 0.3) is 0 Å². The van der Waals surface area contributed by atoms with E-state index < -0.39 is 0 Å². The van der Waals surface area contributed by atoms with E-state index in [0.29, 0.717) is 34.9 Å². The molecule has 1 fully saturated rings. The van der Waals surface area contributed by atoms with Gasteiger partial charge < -0.3 is 20.1 Å². The van der Waals surface area contributed by atoms with Crippen LogP contribution in [0.3, 0.4) is 0 Å². The number of amides is 1. The van der Waals surface area contributed by atoms with Crippen molar-refractivity contribution in [1.29, 1.82) is 0 Å². The largest absolute Gasteiger partial charge is 0.493 e. The van der Waals surface area contributed by atoms with Crippen molar-refractivity contribution in [1.82, 2.24) is 10.3 Å². The normalized spacial score (nSPS) is 18.0. The second-order valence-electron chi connectivity index (χ2n) is 6.94. The summed E-state index contributed by atoms with van der Waals surface area (Å²) in [5.41, 5.74) is 1.73. The molecule has 0 saturated carbocycles. The maximum atomic E-state index is 12.4. The van der Waals surface area contributed by atoms with E-state index >= 15 is 0 Å². The summed E-state index contributed by atoms with van der Waals surface area (Å²) in [6.45, 7) is 4.26. The lowest BCUT2D eigenvalue weighted by Crippen LogP contribution is -2.34. The van der Waals surface area contributed by atoms with Crippen LogP contribution in [0, 0.1) is 11.8 Å². The Hall–Kier alpha value is -2.12. The standard InChI is InChI=1S/C20H27N3O3S/c1-13(15-5-4-8-21-11-15)9-19(24)23-20-22-16(12-27-20)14-6-7-17(25-2)18(10-14)26-3/h6-7,10,12-13,15,21H,4-5,8-9,11H2,1-3H3,(H,22,23,24). The first-order chi connectivity index (χ1) is 13.1. The lowest BCUT2D eigenvalue weighted by atomic mass is 9.85. The zero-order valence-electron chi connectivity index (χ0n) is 16.1. The number of hydrogen-bond acceptors (Lipinski definition) is 6. The maximum absolute atomic E-state index is 12.4. The molecule has 1 saturated heterocycles. The number of anilines is 1. The van der Waals surface area contributed by atoms with Crippen LogP contribution in [-0.2, 0) is 4.79 Å². The molecule has 0 radical (unpaired) electrons. The average Bonchev–Trinajstić information content (AvgIpc) is 3.16. The number of rotatable bonds is 7. The minimum atomic E-state index is 0.0290. The first-order valence-electron chi connectivity index (χ1n) is 9.29. The van der Waals surface area contributed by atoms with Crippen molar-refractivity contribution in [2.45, 2.75) is 26.2 Å². The highest BCUT2D eigenvalue weighted by Gasteiger charge is 2.22. The molecule has 2 unspecified atom stereocenters. The third-order valence-electron chi connectivity index (χ3n) is 5.08. The van der Waals surface area contributed by atoms with Gasteiger partial charge in [0.05, 0.1) is 19.9 Å². The smallest absolute Gasteiger partial charge is 0.226 e. The first kappa shape index (κ1) is 19.6. The van der Waals surface area contributed by atoms with Gasteiger partial charge in [-0.15, -0.1) is 11.3 Å². The van der Waals surface area contributed by atoms with Crippen LogP contribution in [-0.4, -0.2) is 38.2 Å². The van der Waals surface area contributed by atoms with E-state index in [4.69, 9.17) is 9.47 Å². The molecule has 6 nitrogen and oxygen atoms in total. The Balaban J connectivity index is 1.61. The predicted molar refractivity (Wildman–Crippen MR) is 109 cm³/mol. The highest BCUT2D eigenvalue weighted by atomic mass is 32.1. The molecule has 0 bridgehead atoms. The lowest BCUT2D eigenvalue weighted by molar-refractivity contribution is -0.117. The van der Waals surface area contributed by atoms with E-state index in [1.807, 2.05) is 23.6 Å². The van der Waals surface area contributed by atoms with Crippen LogP contribution in [0.5, 0.6) is 11.5 Å². The van der Waals surface area contributed by atoms with Gasteiger partial charge in [0.1, 0.15) is 0 Å². The van der Waals surface area contributed by atoms with E-state index in [9.17, 15) is 4.79 Å². The van der Waals surface area contributed by atoms with E-state index in [0.717, 1.165) is 24.3 Å². The Morgan fingerprint density at radius 2 is 2.19 bits per heavy atom. The van der Waals surface area contributed by atoms with Crippen molar-refractivity contribution in [3.8, 4) is 22.8 Å². The van der Waals surface area contributed by atoms with Crippen molar-refractivity contribution in [2.24, 2.45) is 11.8 Å². The topological polar surface area (TPSA) is 72.5 Å². The molecular weight excluding hydrogens is 362 g/mol. The number of piperidine rings is 1. The number of thiazole rings is 1. The summed E-state index contributed by atoms with van der Waals surface area (Å²) in [7, 11) is 3.22. The van der Waals surface area contributed by atoms with Gasteiger partial charge in [-0.1, -0.05) is 6.92 Å². The second kappa shape index (κ2) is 9.19. The molecule has 1 aliphatic heterocycles. The number of methoxy groups -OCH3 is 2. The van der Waals surface area contributed by atoms with Gasteiger partial charge in [0.15, 0.2) is 16.6 Å². The van der Waals surface area contributed by atoms with Crippen LogP contribution in [0.1, 0.15) is 26.2 Å². The lowest BCUT2D eigenvalue weighted by Gasteiger charge is -2.27. The zero-order chi connectivity index (χ0) is 19.2. The van der Waals surface area contributed by atoms with Gasteiger partial charge in [-0.2, -0.15) is 0 Å². The number of carbonyl (C=O) groups excluding carboxylic acids is 1. The summed E-state index contributed by atoms with van der Waals surface area (Å²) >= 11 is 1.43. The maximum Gasteiger partial charge on any atom is 0.226 e. The van der Waals surface area contributed by atoms with Crippen molar-refractivity contribution in [2.75, 3.05) is 32.6 Å². The van der Waals surface area contributed by atoms with Crippen LogP contribution in [0.4, 0.5) is 5.13 Å². The van der Waals surface area contributed by atoms with Crippen LogP contribution >= 0.6 is 11.3 Å². The van der Waals surface area contributed by atoms with Gasteiger partial charge in [0.2, 0.25) is 5.91 Å². The summed E-state index contributed by atoms with van der Waals surface area (Å²) in [6.07, 6.45) is 2.91. The Labute approximate surface area is 164 Å². The number of ether oxygens (including phenoxy) is 2. The predicted octanol–water partition coefficient (Wildman–Crippen LogP) is 3.79. The molecule has 1 aromatic heterocycles. The van der Waals surface area contributed by atoms with Crippen molar-refractivity contribution in [3.05, 3.63) is 23.6 Å². The minimum Gasteiger partial charge on any atom is -0.493 e. The molecule has 2 atom stereocenters. The van der Waals surface area contributed by atoms with Crippen molar-refractivity contribution in [3.63, 3.8) is 0 Å². The van der Waals surface area contributed by atoms with E-state index in [1.165, 1.54) is 24.2 Å². The van der Waals surface area contributed by atoms with Crippen LogP contribution in [0.2, 0.25) is 0 Å². The zero-order valence-corrected chi connectivity index (χ0v) is 16.9. The molecule has 3 rings (SSSR count). The molecule has 0 aliphatic carbocycles. The van der Waals surface area contributed by atoms with Gasteiger partial charge in [-0.05, 0) is 56.0 Å². The Kier molecular flexibility index (Phi) is 6.68. The number of hydrogen-bond donors (Lipinski definition) is 2. The van der Waals surface area contributed by atoms with Crippen LogP contribution < -0.4 is 20.1 Å². The summed E-state index contributed by atoms with van der Waals surface area (Å²) < 4.78 is 10.6. The van der Waals surface area contributed by atoms with E-state index in [-0.39, 0.29) is 5.91 Å². The molecule has 1 aliphatic rings. The summed E-state index contributed by atoms with van der Waals surface area (Å²) in [5.74, 6) is 2.30. The SMILES string of the molecule is COc1ccc(-c2csc(NC(=O)CC(C)C3CCCNC3)n2)cc1OC. The van der Waals surface area contributed by atoms with Gasteiger partial charge in [-0.3, -0.25) is 4.79 Å². The second-order valence-corrected chi connectivity index (χ2v) is 7.80. The van der Waals surface area contributed by atoms with Gasteiger partial charge >= 0.3 is 0 Å². The third-order valence-corrected chi connectivity index (χ3v) is 5.83. The summed E-state index contributed by atoms with van der Waals surface area (Å²) in [5, 5.41) is 8.92. The molecule has 1 aromatic carbocycles. The Bertz CT molecular complexity index is 772. The Morgan fingerprint density at radius 3 is 2.89 bits per heavy atom. The van der Waals surface area contributed by atoms with Crippen LogP contribution in [0.15, 0.2) is 23.6 Å². The molecular formula is C20H27N3O3S. The van der Waals surface area contributed by atoms with E-state index in [2.05, 4.69) is 22.5 Å². The molecule has 1 amide bonds. The molecule has 7 heteroatoms. The molecule has 2 heterocycles. The molecule has 2 aromatic rings. The fourth-order valence-corrected chi connectivity index (χ4v) is 4.19. The summed E-state index contributed by atoms with van der Waals surface area (Å²) in [4.78, 5) is 16.9. The number of benzene rings is 1. The molecule has 27 heavy (non-hydrogen) atoms. The Morgan fingerprint density at radius 1 is 1.37 bits per heavy atom. The van der Waals surface area contributed by atoms with E-state index in [1.54, 1.807) is 14.2 Å². The quantitative estimate of drug-likeness (QED) is 0.754. The fraction of sp³-hybridized carbons (Fsp3) is 0.500. The first-order valence-corrected chi connectivity index (χ1v) is 10.2. The number of carbonyl (C=O) groups is 1. The fourth-order valence-electron chi connectivity index (χ4n) is 3.45. The minimum absolute atomic E-state index is 0.0290. The van der Waals surface area contributed by atoms with Crippen molar-refractivity contribution >= 4 is 22.4 Å². The van der Waals surface area contributed by atoms with Gasteiger partial charge in [-0.25, -0.2) is 4.98 Å². The highest BCUT2D eigenvalue weighted by Crippen LogP contribution is 2.33. The van der Waals surface area contributed by atoms with Crippen LogP contribution in [0.25, 0.3) is 11.3 Å². The van der Waals surface area contributed by atoms with Gasteiger partial charge in [0, 0.05) is 17.4 Å². The monoisotopic (exact) mass is 389 g/mol. The summed E-state index contributed by atoms with van der Waals surface area (Å²) in [6, 6.07) is 5.67. The number of nitrogens with zero attached hydrogens (tertiary/aromatic N) is 1. The molecule has 0 spiro atoms. The highest BCUT2D eigenvalue weighted by molar-refractivity contribution is 7.14. The van der Waals surface area contributed by atoms with Crippen molar-refractivity contribution < 1.29 is 14.3 Å².